The lowest BCUT2D eigenvalue weighted by molar-refractivity contribution is -0.385. The van der Waals surface area contributed by atoms with Crippen molar-refractivity contribution in [2.24, 2.45) is 0 Å². The molecule has 9 heteroatoms. The van der Waals surface area contributed by atoms with Crippen molar-refractivity contribution in [3.05, 3.63) is 58.3 Å². The van der Waals surface area contributed by atoms with Crippen LogP contribution in [0.25, 0.3) is 0 Å². The summed E-state index contributed by atoms with van der Waals surface area (Å²) >= 11 is 0. The van der Waals surface area contributed by atoms with Crippen molar-refractivity contribution in [1.82, 2.24) is 4.98 Å². The maximum atomic E-state index is 12.0. The average molecular weight is 358 g/mol. The lowest BCUT2D eigenvalue weighted by atomic mass is 10.2. The number of pyridine rings is 1. The number of aromatic nitrogens is 1. The summed E-state index contributed by atoms with van der Waals surface area (Å²) in [6.45, 7) is 2.07. The molecule has 0 radical (unpaired) electrons. The molecule has 1 amide bonds. The van der Waals surface area contributed by atoms with Crippen LogP contribution in [0.3, 0.4) is 0 Å². The monoisotopic (exact) mass is 358 g/mol. The first kappa shape index (κ1) is 18.8. The summed E-state index contributed by atoms with van der Waals surface area (Å²) < 4.78 is 5.18. The van der Waals surface area contributed by atoms with Gasteiger partial charge in [0, 0.05) is 25.2 Å². The molecule has 0 saturated carbocycles. The molecule has 0 aliphatic carbocycles. The average Bonchev–Trinajstić information content (AvgIpc) is 2.61. The van der Waals surface area contributed by atoms with Crippen molar-refractivity contribution in [3.63, 3.8) is 0 Å². The molecule has 9 nitrogen and oxygen atoms in total. The van der Waals surface area contributed by atoms with Gasteiger partial charge in [0.05, 0.1) is 17.1 Å². The molecule has 2 N–H and O–H groups in total. The smallest absolute Gasteiger partial charge is 0.338 e. The number of nitro groups is 1. The Morgan fingerprint density at radius 2 is 2.08 bits per heavy atom. The molecule has 0 bridgehead atoms. The normalized spacial score (nSPS) is 10.0. The van der Waals surface area contributed by atoms with Crippen molar-refractivity contribution in [1.29, 1.82) is 0 Å². The second kappa shape index (κ2) is 9.11. The first-order valence-corrected chi connectivity index (χ1v) is 7.85. The lowest BCUT2D eigenvalue weighted by Gasteiger charge is -2.08. The minimum atomic E-state index is -0.517. The van der Waals surface area contributed by atoms with Crippen LogP contribution in [0.1, 0.15) is 23.7 Å². The maximum absolute atomic E-state index is 12.0. The molecule has 1 heterocycles. The summed E-state index contributed by atoms with van der Waals surface area (Å²) in [5.41, 5.74) is 0.796. The summed E-state index contributed by atoms with van der Waals surface area (Å²) in [6, 6.07) is 9.35. The minimum absolute atomic E-state index is 0.0778. The molecule has 0 saturated heterocycles. The Bertz CT molecular complexity index is 792. The number of anilines is 2. The van der Waals surface area contributed by atoms with E-state index in [1.165, 1.54) is 25.3 Å². The first-order chi connectivity index (χ1) is 12.5. The minimum Gasteiger partial charge on any atom is -0.462 e. The van der Waals surface area contributed by atoms with Crippen molar-refractivity contribution in [2.75, 3.05) is 23.8 Å². The van der Waals surface area contributed by atoms with Gasteiger partial charge in [-0.2, -0.15) is 0 Å². The molecule has 0 aliphatic rings. The summed E-state index contributed by atoms with van der Waals surface area (Å²) in [7, 11) is 0. The van der Waals surface area contributed by atoms with Crippen molar-refractivity contribution < 1.29 is 19.2 Å². The van der Waals surface area contributed by atoms with Crippen molar-refractivity contribution >= 4 is 29.1 Å². The highest BCUT2D eigenvalue weighted by Gasteiger charge is 2.08. The number of amides is 1. The van der Waals surface area contributed by atoms with E-state index in [1.54, 1.807) is 24.3 Å². The van der Waals surface area contributed by atoms with Crippen LogP contribution in [0.2, 0.25) is 0 Å². The quantitative estimate of drug-likeness (QED) is 0.322. The zero-order valence-corrected chi connectivity index (χ0v) is 14.1. The number of benzene rings is 1. The van der Waals surface area contributed by atoms with Crippen LogP contribution in [0.15, 0.2) is 42.6 Å². The van der Waals surface area contributed by atoms with E-state index in [9.17, 15) is 19.7 Å². The van der Waals surface area contributed by atoms with Crippen LogP contribution in [-0.2, 0) is 9.53 Å². The topological polar surface area (TPSA) is 123 Å². The number of carbonyl (C=O) groups is 2. The van der Waals surface area contributed by atoms with Gasteiger partial charge in [-0.25, -0.2) is 9.78 Å². The van der Waals surface area contributed by atoms with E-state index in [2.05, 4.69) is 15.6 Å². The van der Waals surface area contributed by atoms with E-state index < -0.39 is 10.9 Å². The zero-order valence-electron chi connectivity index (χ0n) is 14.1. The number of esters is 1. The molecule has 0 unspecified atom stereocenters. The number of nitrogens with zero attached hydrogens (tertiary/aromatic N) is 2. The Hall–Kier alpha value is -3.49. The van der Waals surface area contributed by atoms with Crippen molar-refractivity contribution in [2.45, 2.75) is 13.3 Å². The van der Waals surface area contributed by atoms with Crippen LogP contribution in [0, 0.1) is 10.1 Å². The van der Waals surface area contributed by atoms with Gasteiger partial charge in [-0.1, -0.05) is 6.07 Å². The van der Waals surface area contributed by atoms with Gasteiger partial charge >= 0.3 is 5.97 Å². The van der Waals surface area contributed by atoms with Crippen molar-refractivity contribution in [3.8, 4) is 0 Å². The Kier molecular flexibility index (Phi) is 6.60. The van der Waals surface area contributed by atoms with E-state index in [-0.39, 0.29) is 18.2 Å². The van der Waals surface area contributed by atoms with E-state index in [0.29, 0.717) is 30.0 Å². The van der Waals surface area contributed by atoms with Gasteiger partial charge in [-0.15, -0.1) is 0 Å². The van der Waals surface area contributed by atoms with Gasteiger partial charge in [0.2, 0.25) is 5.91 Å². The fourth-order valence-corrected chi connectivity index (χ4v) is 2.06. The van der Waals surface area contributed by atoms with E-state index in [1.807, 2.05) is 0 Å². The second-order valence-corrected chi connectivity index (χ2v) is 5.34. The van der Waals surface area contributed by atoms with Gasteiger partial charge in [0.1, 0.15) is 12.0 Å². The molecule has 2 aromatic rings. The van der Waals surface area contributed by atoms with E-state index in [4.69, 9.17) is 4.74 Å². The molecule has 1 aromatic carbocycles. The number of hydrogen-bond donors (Lipinski definition) is 2. The summed E-state index contributed by atoms with van der Waals surface area (Å²) in [5, 5.41) is 16.1. The van der Waals surface area contributed by atoms with Crippen LogP contribution < -0.4 is 10.6 Å². The Morgan fingerprint density at radius 3 is 2.73 bits per heavy atom. The predicted octanol–water partition coefficient (Wildman–Crippen LogP) is 2.61. The van der Waals surface area contributed by atoms with Gasteiger partial charge < -0.3 is 15.4 Å². The second-order valence-electron chi connectivity index (χ2n) is 5.34. The van der Waals surface area contributed by atoms with Gasteiger partial charge in [-0.05, 0) is 30.7 Å². The summed E-state index contributed by atoms with van der Waals surface area (Å²) in [5.74, 6) is -0.197. The summed E-state index contributed by atoms with van der Waals surface area (Å²) in [4.78, 5) is 37.0. The lowest BCUT2D eigenvalue weighted by Crippen LogP contribution is -2.12. The molecule has 2 rings (SSSR count). The molecule has 1 aromatic heterocycles. The van der Waals surface area contributed by atoms with Crippen LogP contribution in [0.4, 0.5) is 17.2 Å². The third-order valence-electron chi connectivity index (χ3n) is 3.24. The Balaban J connectivity index is 1.73. The Labute approximate surface area is 149 Å². The SMILES string of the molecule is CC(=O)Nc1cccc(C(=O)OCCCNc2ccc([N+](=O)[O-])cn2)c1. The van der Waals surface area contributed by atoms with Crippen LogP contribution >= 0.6 is 0 Å². The predicted molar refractivity (Wildman–Crippen MR) is 95.0 cm³/mol. The molecule has 0 spiro atoms. The molecular weight excluding hydrogens is 340 g/mol. The number of ether oxygens (including phenoxy) is 1. The molecular formula is C17H18N4O5. The molecule has 26 heavy (non-hydrogen) atoms. The first-order valence-electron chi connectivity index (χ1n) is 7.85. The molecule has 0 atom stereocenters. The zero-order chi connectivity index (χ0) is 18.9. The van der Waals surface area contributed by atoms with E-state index in [0.717, 1.165) is 0 Å². The Morgan fingerprint density at radius 1 is 1.27 bits per heavy atom. The highest BCUT2D eigenvalue weighted by molar-refractivity contribution is 5.93. The summed E-state index contributed by atoms with van der Waals surface area (Å²) in [6.07, 6.45) is 1.71. The van der Waals surface area contributed by atoms with Gasteiger partial charge in [0.15, 0.2) is 0 Å². The number of hydrogen-bond acceptors (Lipinski definition) is 7. The van der Waals surface area contributed by atoms with E-state index >= 15 is 0 Å². The molecule has 0 fully saturated rings. The third-order valence-corrected chi connectivity index (χ3v) is 3.24. The van der Waals surface area contributed by atoms with Crippen LogP contribution in [0.5, 0.6) is 0 Å². The standard InChI is InChI=1S/C17H18N4O5/c1-12(22)20-14-5-2-4-13(10-14)17(23)26-9-3-8-18-16-7-6-15(11-19-16)21(24)25/h2,4-7,10-11H,3,8-9H2,1H3,(H,18,19)(H,20,22). The molecule has 136 valence electrons. The number of nitrogens with one attached hydrogen (secondary N) is 2. The number of carbonyl (C=O) groups excluding carboxylic acids is 2. The molecule has 0 aliphatic heterocycles. The van der Waals surface area contributed by atoms with Gasteiger partial charge in [-0.3, -0.25) is 14.9 Å². The highest BCUT2D eigenvalue weighted by atomic mass is 16.6. The largest absolute Gasteiger partial charge is 0.462 e. The number of rotatable bonds is 8. The third kappa shape index (κ3) is 5.86. The maximum Gasteiger partial charge on any atom is 0.338 e. The van der Waals surface area contributed by atoms with Crippen LogP contribution in [-0.4, -0.2) is 34.9 Å². The fourth-order valence-electron chi connectivity index (χ4n) is 2.06. The fraction of sp³-hybridized carbons (Fsp3) is 0.235. The van der Waals surface area contributed by atoms with Gasteiger partial charge in [0.25, 0.3) is 5.69 Å². The highest BCUT2D eigenvalue weighted by Crippen LogP contribution is 2.13.